The number of aryl methyl sites for hydroxylation is 1. The largest absolute Gasteiger partial charge is 0.433 e. The van der Waals surface area contributed by atoms with Crippen LogP contribution in [0.5, 0.6) is 0 Å². The summed E-state index contributed by atoms with van der Waals surface area (Å²) in [6.45, 7) is 0. The van der Waals surface area contributed by atoms with Crippen molar-refractivity contribution in [3.05, 3.63) is 63.5 Å². The number of anilines is 1. The molecule has 0 saturated heterocycles. The Balaban J connectivity index is 2.11. The van der Waals surface area contributed by atoms with Gasteiger partial charge in [-0.3, -0.25) is 14.5 Å². The van der Waals surface area contributed by atoms with Gasteiger partial charge in [0.25, 0.3) is 5.91 Å². The van der Waals surface area contributed by atoms with E-state index in [1.54, 1.807) is 0 Å². The molecule has 0 aliphatic heterocycles. The molecule has 0 unspecified atom stereocenters. The zero-order valence-corrected chi connectivity index (χ0v) is 16.7. The van der Waals surface area contributed by atoms with Crippen LogP contribution in [-0.2, 0) is 19.4 Å². The first kappa shape index (κ1) is 22.9. The molecule has 1 aromatic carbocycles. The number of nitrogens with zero attached hydrogens (tertiary/aromatic N) is 3. The number of aromatic nitrogens is 3. The van der Waals surface area contributed by atoms with Gasteiger partial charge in [-0.25, -0.2) is 0 Å². The zero-order valence-electron chi connectivity index (χ0n) is 15.2. The predicted octanol–water partition coefficient (Wildman–Crippen LogP) is 6.08. The lowest BCUT2D eigenvalue weighted by molar-refractivity contribution is -0.141. The van der Waals surface area contributed by atoms with Gasteiger partial charge in [-0.15, -0.1) is 0 Å². The molecule has 0 aliphatic rings. The van der Waals surface area contributed by atoms with Gasteiger partial charge in [-0.05, 0) is 18.2 Å². The number of nitrogens with one attached hydrogen (secondary N) is 1. The summed E-state index contributed by atoms with van der Waals surface area (Å²) in [5, 5.41) is 5.55. The van der Waals surface area contributed by atoms with Crippen LogP contribution in [-0.4, -0.2) is 20.7 Å². The first-order valence-electron chi connectivity index (χ1n) is 8.24. The summed E-state index contributed by atoms with van der Waals surface area (Å²) in [4.78, 5) is 15.8. The molecule has 0 saturated carbocycles. The van der Waals surface area contributed by atoms with Gasteiger partial charge in [0.05, 0.1) is 10.0 Å². The van der Waals surface area contributed by atoms with E-state index < -0.39 is 46.6 Å². The fraction of sp³-hybridized carbons (Fsp3) is 0.167. The van der Waals surface area contributed by atoms with Crippen molar-refractivity contribution in [1.29, 1.82) is 0 Å². The second kappa shape index (κ2) is 8.04. The predicted molar refractivity (Wildman–Crippen MR) is 101 cm³/mol. The maximum Gasteiger partial charge on any atom is 0.433 e. The molecule has 3 rings (SSSR count). The first-order chi connectivity index (χ1) is 14.3. The Kier molecular flexibility index (Phi) is 5.94. The Labute approximate surface area is 180 Å². The van der Waals surface area contributed by atoms with Gasteiger partial charge in [0.2, 0.25) is 0 Å². The zero-order chi connectivity index (χ0) is 23.1. The molecule has 0 fully saturated rings. The minimum atomic E-state index is -5.04. The molecule has 0 spiro atoms. The quantitative estimate of drug-likeness (QED) is 0.460. The number of rotatable bonds is 3. The van der Waals surface area contributed by atoms with Crippen molar-refractivity contribution in [3.63, 3.8) is 0 Å². The molecule has 0 radical (unpaired) electrons. The molecule has 164 valence electrons. The average molecular weight is 483 g/mol. The molecule has 5 nitrogen and oxygen atoms in total. The van der Waals surface area contributed by atoms with Crippen molar-refractivity contribution in [2.24, 2.45) is 7.05 Å². The minimum Gasteiger partial charge on any atom is -0.321 e. The third-order valence-electron chi connectivity index (χ3n) is 4.06. The molecule has 13 heteroatoms. The summed E-state index contributed by atoms with van der Waals surface area (Å²) in [5.41, 5.74) is -4.88. The van der Waals surface area contributed by atoms with Crippen LogP contribution in [0.2, 0.25) is 10.0 Å². The molecule has 0 aliphatic carbocycles. The second-order valence-corrected chi connectivity index (χ2v) is 6.96. The van der Waals surface area contributed by atoms with Crippen molar-refractivity contribution in [3.8, 4) is 11.3 Å². The third-order valence-corrected chi connectivity index (χ3v) is 4.88. The van der Waals surface area contributed by atoms with Gasteiger partial charge >= 0.3 is 12.4 Å². The molecule has 31 heavy (non-hydrogen) atoms. The number of carbonyl (C=O) groups excluding carboxylic acids is 1. The smallest absolute Gasteiger partial charge is 0.321 e. The number of hydrogen-bond donors (Lipinski definition) is 1. The van der Waals surface area contributed by atoms with E-state index in [1.165, 1.54) is 18.2 Å². The normalized spacial score (nSPS) is 12.2. The Morgan fingerprint density at radius 2 is 1.74 bits per heavy atom. The Bertz CT molecular complexity index is 1160. The van der Waals surface area contributed by atoms with Crippen LogP contribution < -0.4 is 5.32 Å². The maximum absolute atomic E-state index is 13.9. The maximum atomic E-state index is 13.9. The topological polar surface area (TPSA) is 59.8 Å². The fourth-order valence-electron chi connectivity index (χ4n) is 2.78. The highest BCUT2D eigenvalue weighted by atomic mass is 35.5. The highest BCUT2D eigenvalue weighted by Crippen LogP contribution is 2.42. The van der Waals surface area contributed by atoms with Gasteiger partial charge in [0, 0.05) is 24.5 Å². The van der Waals surface area contributed by atoms with Crippen molar-refractivity contribution < 1.29 is 31.1 Å². The lowest BCUT2D eigenvalue weighted by Crippen LogP contribution is -2.21. The molecule has 1 N–H and O–H groups in total. The minimum absolute atomic E-state index is 0.0274. The molecular weight excluding hydrogens is 473 g/mol. The van der Waals surface area contributed by atoms with Crippen molar-refractivity contribution in [2.45, 2.75) is 12.4 Å². The van der Waals surface area contributed by atoms with Gasteiger partial charge in [0.15, 0.2) is 0 Å². The summed E-state index contributed by atoms with van der Waals surface area (Å²) in [5.74, 6) is -1.33. The molecule has 1 amide bonds. The molecule has 0 bridgehead atoms. The number of benzene rings is 1. The van der Waals surface area contributed by atoms with Crippen molar-refractivity contribution in [2.75, 3.05) is 5.32 Å². The first-order valence-corrected chi connectivity index (χ1v) is 8.99. The Hall–Kier alpha value is -2.79. The summed E-state index contributed by atoms with van der Waals surface area (Å²) in [6, 6.07) is 5.46. The van der Waals surface area contributed by atoms with E-state index in [2.05, 4.69) is 10.1 Å². The fourth-order valence-corrected chi connectivity index (χ4v) is 3.17. The van der Waals surface area contributed by atoms with E-state index in [9.17, 15) is 31.1 Å². The van der Waals surface area contributed by atoms with E-state index in [0.29, 0.717) is 10.7 Å². The van der Waals surface area contributed by atoms with Gasteiger partial charge in [-0.1, -0.05) is 35.3 Å². The van der Waals surface area contributed by atoms with Gasteiger partial charge in [-0.2, -0.15) is 31.4 Å². The van der Waals surface area contributed by atoms with Crippen LogP contribution in [0, 0.1) is 0 Å². The molecule has 3 aromatic rings. The number of carbonyl (C=O) groups is 1. The Morgan fingerprint density at radius 1 is 1.06 bits per heavy atom. The summed E-state index contributed by atoms with van der Waals surface area (Å²) in [7, 11) is 1.08. The van der Waals surface area contributed by atoms with Crippen LogP contribution in [0.3, 0.4) is 0 Å². The van der Waals surface area contributed by atoms with Crippen LogP contribution in [0.15, 0.2) is 36.5 Å². The highest BCUT2D eigenvalue weighted by molar-refractivity contribution is 6.43. The van der Waals surface area contributed by atoms with Crippen LogP contribution in [0.1, 0.15) is 21.7 Å². The number of halogens is 8. The number of amides is 1. The molecular formula is C18H10Cl2F6N4O. The molecule has 0 atom stereocenters. The SMILES string of the molecule is Cn1nc(-c2cccc(Cl)c2Cl)c(C(F)(F)F)c1C(=O)Nc1ccnc(C(F)(F)F)c1. The van der Waals surface area contributed by atoms with Crippen LogP contribution >= 0.6 is 23.2 Å². The van der Waals surface area contributed by atoms with Crippen molar-refractivity contribution >= 4 is 34.8 Å². The Morgan fingerprint density at radius 3 is 2.35 bits per heavy atom. The lowest BCUT2D eigenvalue weighted by Gasteiger charge is -2.12. The molecule has 2 heterocycles. The van der Waals surface area contributed by atoms with E-state index in [-0.39, 0.29) is 15.6 Å². The third kappa shape index (κ3) is 4.62. The van der Waals surface area contributed by atoms with E-state index in [1.807, 2.05) is 5.32 Å². The summed E-state index contributed by atoms with van der Waals surface area (Å²) < 4.78 is 80.8. The lowest BCUT2D eigenvalue weighted by atomic mass is 10.0. The number of alkyl halides is 6. The standard InChI is InChI=1S/C18H10Cl2F6N4O/c1-30-15(16(31)28-8-5-6-27-11(7-8)17(21,22)23)12(18(24,25)26)14(29-30)9-3-2-4-10(19)13(9)20/h2-7H,1H3,(H,27,28,31). The van der Waals surface area contributed by atoms with E-state index in [0.717, 1.165) is 19.3 Å². The van der Waals surface area contributed by atoms with Gasteiger partial charge in [0.1, 0.15) is 22.6 Å². The summed E-state index contributed by atoms with van der Waals surface area (Å²) >= 11 is 11.9. The van der Waals surface area contributed by atoms with Gasteiger partial charge < -0.3 is 5.32 Å². The number of hydrogen-bond acceptors (Lipinski definition) is 3. The molecule has 2 aromatic heterocycles. The van der Waals surface area contributed by atoms with Crippen molar-refractivity contribution in [1.82, 2.24) is 14.8 Å². The van der Waals surface area contributed by atoms with Crippen LogP contribution in [0.4, 0.5) is 32.0 Å². The average Bonchev–Trinajstić information content (AvgIpc) is 3.01. The monoisotopic (exact) mass is 482 g/mol. The van der Waals surface area contributed by atoms with E-state index >= 15 is 0 Å². The van der Waals surface area contributed by atoms with Crippen LogP contribution in [0.25, 0.3) is 11.3 Å². The highest BCUT2D eigenvalue weighted by Gasteiger charge is 2.42. The van der Waals surface area contributed by atoms with E-state index in [4.69, 9.17) is 23.2 Å². The second-order valence-electron chi connectivity index (χ2n) is 6.18. The summed E-state index contributed by atoms with van der Waals surface area (Å²) in [6.07, 6.45) is -9.08. The number of pyridine rings is 1.